The van der Waals surface area contributed by atoms with Crippen LogP contribution in [0.4, 0.5) is 0 Å². The molecule has 2 fully saturated rings. The maximum absolute atomic E-state index is 12.4. The Labute approximate surface area is 141 Å². The van der Waals surface area contributed by atoms with Crippen LogP contribution in [0.3, 0.4) is 0 Å². The van der Waals surface area contributed by atoms with Crippen molar-refractivity contribution in [2.24, 2.45) is 5.92 Å². The third kappa shape index (κ3) is 4.03. The fourth-order valence-corrected chi connectivity index (χ4v) is 3.31. The molecule has 1 aromatic rings. The molecule has 0 bridgehead atoms. The number of hydrogen-bond acceptors (Lipinski definition) is 3. The second-order valence-electron chi connectivity index (χ2n) is 6.20. The van der Waals surface area contributed by atoms with Gasteiger partial charge in [0.05, 0.1) is 12.3 Å². The molecule has 124 valence electrons. The highest BCUT2D eigenvalue weighted by molar-refractivity contribution is 6.30. The summed E-state index contributed by atoms with van der Waals surface area (Å²) in [5.74, 6) is 0.466. The van der Waals surface area contributed by atoms with E-state index in [0.717, 1.165) is 25.1 Å². The predicted octanol–water partition coefficient (Wildman–Crippen LogP) is 1.16. The van der Waals surface area contributed by atoms with Crippen molar-refractivity contribution in [3.63, 3.8) is 0 Å². The summed E-state index contributed by atoms with van der Waals surface area (Å²) in [6.07, 6.45) is 1.31. The van der Waals surface area contributed by atoms with E-state index < -0.39 is 0 Å². The van der Waals surface area contributed by atoms with E-state index in [2.05, 4.69) is 5.32 Å². The zero-order valence-electron chi connectivity index (χ0n) is 13.1. The summed E-state index contributed by atoms with van der Waals surface area (Å²) in [5, 5.41) is 3.90. The van der Waals surface area contributed by atoms with E-state index in [1.165, 1.54) is 0 Å². The summed E-state index contributed by atoms with van der Waals surface area (Å²) in [7, 11) is 0. The van der Waals surface area contributed by atoms with Gasteiger partial charge in [0.2, 0.25) is 11.8 Å². The number of hydrogen-bond donors (Lipinski definition) is 1. The van der Waals surface area contributed by atoms with Gasteiger partial charge in [-0.3, -0.25) is 9.59 Å². The molecule has 0 aliphatic carbocycles. The number of carbonyl (C=O) groups excluding carboxylic acids is 2. The summed E-state index contributed by atoms with van der Waals surface area (Å²) in [5.41, 5.74) is 0.968. The fourth-order valence-electron chi connectivity index (χ4n) is 3.19. The number of benzene rings is 1. The molecular weight excluding hydrogens is 314 g/mol. The van der Waals surface area contributed by atoms with Gasteiger partial charge in [0.1, 0.15) is 0 Å². The minimum atomic E-state index is 0.113. The molecule has 1 unspecified atom stereocenters. The van der Waals surface area contributed by atoms with E-state index in [1.807, 2.05) is 21.9 Å². The number of piperazine rings is 1. The first-order chi connectivity index (χ1) is 11.1. The van der Waals surface area contributed by atoms with E-state index >= 15 is 0 Å². The quantitative estimate of drug-likeness (QED) is 0.902. The van der Waals surface area contributed by atoms with Gasteiger partial charge in [-0.05, 0) is 30.7 Å². The van der Waals surface area contributed by atoms with Crippen LogP contribution in [0.1, 0.15) is 12.0 Å². The molecule has 2 aliphatic heterocycles. The molecular formula is C17H22ClN3O2. The van der Waals surface area contributed by atoms with Crippen molar-refractivity contribution < 1.29 is 9.59 Å². The van der Waals surface area contributed by atoms with Crippen LogP contribution >= 0.6 is 11.6 Å². The highest BCUT2D eigenvalue weighted by atomic mass is 35.5. The zero-order chi connectivity index (χ0) is 16.2. The topological polar surface area (TPSA) is 52.7 Å². The maximum atomic E-state index is 12.4. The average Bonchev–Trinajstić information content (AvgIpc) is 3.11. The Balaban J connectivity index is 1.49. The van der Waals surface area contributed by atoms with E-state index in [-0.39, 0.29) is 17.7 Å². The lowest BCUT2D eigenvalue weighted by Gasteiger charge is -2.36. The van der Waals surface area contributed by atoms with Crippen LogP contribution in [-0.2, 0) is 16.0 Å². The summed E-state index contributed by atoms with van der Waals surface area (Å²) >= 11 is 5.86. The summed E-state index contributed by atoms with van der Waals surface area (Å²) in [4.78, 5) is 28.5. The van der Waals surface area contributed by atoms with Gasteiger partial charge < -0.3 is 15.1 Å². The van der Waals surface area contributed by atoms with Gasteiger partial charge in [0, 0.05) is 37.7 Å². The predicted molar refractivity (Wildman–Crippen MR) is 89.3 cm³/mol. The smallest absolute Gasteiger partial charge is 0.227 e. The molecule has 1 aromatic carbocycles. The molecule has 0 aromatic heterocycles. The lowest BCUT2D eigenvalue weighted by atomic mass is 10.1. The van der Waals surface area contributed by atoms with Crippen molar-refractivity contribution in [1.29, 1.82) is 0 Å². The molecule has 23 heavy (non-hydrogen) atoms. The summed E-state index contributed by atoms with van der Waals surface area (Å²) in [6.45, 7) is 4.24. The Kier molecular flexibility index (Phi) is 5.18. The second-order valence-corrected chi connectivity index (χ2v) is 6.64. The molecule has 1 N–H and O–H groups in total. The van der Waals surface area contributed by atoms with Crippen molar-refractivity contribution in [3.05, 3.63) is 34.9 Å². The highest BCUT2D eigenvalue weighted by Gasteiger charge is 2.30. The lowest BCUT2D eigenvalue weighted by molar-refractivity contribution is -0.141. The zero-order valence-corrected chi connectivity index (χ0v) is 13.9. The fraction of sp³-hybridized carbons (Fsp3) is 0.529. The molecule has 0 saturated carbocycles. The van der Waals surface area contributed by atoms with Crippen LogP contribution in [0, 0.1) is 5.92 Å². The first kappa shape index (κ1) is 16.3. The van der Waals surface area contributed by atoms with Crippen molar-refractivity contribution in [2.75, 3.05) is 39.3 Å². The third-order valence-corrected chi connectivity index (χ3v) is 4.87. The Hall–Kier alpha value is -1.59. The maximum Gasteiger partial charge on any atom is 0.227 e. The molecule has 5 nitrogen and oxygen atoms in total. The Morgan fingerprint density at radius 3 is 2.35 bits per heavy atom. The number of rotatable bonds is 3. The SMILES string of the molecule is O=C(Cc1ccc(Cl)cc1)N1CCN(C(=O)C2CCNC2)CC1. The standard InChI is InChI=1S/C17H22ClN3O2/c18-15-3-1-13(2-4-15)11-16(22)20-7-9-21(10-8-20)17(23)14-5-6-19-12-14/h1-4,14,19H,5-12H2. The van der Waals surface area contributed by atoms with Crippen LogP contribution in [-0.4, -0.2) is 60.9 Å². The van der Waals surface area contributed by atoms with Gasteiger partial charge in [-0.2, -0.15) is 0 Å². The van der Waals surface area contributed by atoms with Gasteiger partial charge in [-0.25, -0.2) is 0 Å². The van der Waals surface area contributed by atoms with Crippen LogP contribution in [0.2, 0.25) is 5.02 Å². The van der Waals surface area contributed by atoms with E-state index in [0.29, 0.717) is 37.6 Å². The lowest BCUT2D eigenvalue weighted by Crippen LogP contribution is -2.52. The van der Waals surface area contributed by atoms with Gasteiger partial charge in [0.25, 0.3) is 0 Å². The number of nitrogens with one attached hydrogen (secondary N) is 1. The molecule has 2 saturated heterocycles. The van der Waals surface area contributed by atoms with E-state index in [4.69, 9.17) is 11.6 Å². The Morgan fingerprint density at radius 2 is 1.74 bits per heavy atom. The highest BCUT2D eigenvalue weighted by Crippen LogP contribution is 2.15. The summed E-state index contributed by atoms with van der Waals surface area (Å²) in [6, 6.07) is 7.37. The van der Waals surface area contributed by atoms with Crippen molar-refractivity contribution >= 4 is 23.4 Å². The van der Waals surface area contributed by atoms with Crippen LogP contribution < -0.4 is 5.32 Å². The molecule has 2 heterocycles. The summed E-state index contributed by atoms with van der Waals surface area (Å²) < 4.78 is 0. The van der Waals surface area contributed by atoms with Gasteiger partial charge in [-0.1, -0.05) is 23.7 Å². The molecule has 0 spiro atoms. The first-order valence-corrected chi connectivity index (χ1v) is 8.53. The largest absolute Gasteiger partial charge is 0.339 e. The van der Waals surface area contributed by atoms with Crippen molar-refractivity contribution in [2.45, 2.75) is 12.8 Å². The second kappa shape index (κ2) is 7.32. The first-order valence-electron chi connectivity index (χ1n) is 8.15. The van der Waals surface area contributed by atoms with Gasteiger partial charge in [0.15, 0.2) is 0 Å². The average molecular weight is 336 g/mol. The van der Waals surface area contributed by atoms with Gasteiger partial charge in [-0.15, -0.1) is 0 Å². The Bertz CT molecular complexity index is 562. The van der Waals surface area contributed by atoms with Crippen LogP contribution in [0.25, 0.3) is 0 Å². The third-order valence-electron chi connectivity index (χ3n) is 4.62. The van der Waals surface area contributed by atoms with E-state index in [1.54, 1.807) is 12.1 Å². The molecule has 3 rings (SSSR count). The number of nitrogens with zero attached hydrogens (tertiary/aromatic N) is 2. The van der Waals surface area contributed by atoms with Gasteiger partial charge >= 0.3 is 0 Å². The number of amides is 2. The minimum absolute atomic E-state index is 0.113. The normalized spacial score (nSPS) is 21.5. The monoisotopic (exact) mass is 335 g/mol. The van der Waals surface area contributed by atoms with E-state index in [9.17, 15) is 9.59 Å². The molecule has 0 radical (unpaired) electrons. The number of carbonyl (C=O) groups is 2. The minimum Gasteiger partial charge on any atom is -0.339 e. The Morgan fingerprint density at radius 1 is 1.09 bits per heavy atom. The van der Waals surface area contributed by atoms with Crippen molar-refractivity contribution in [3.8, 4) is 0 Å². The molecule has 2 amide bonds. The molecule has 6 heteroatoms. The van der Waals surface area contributed by atoms with Crippen LogP contribution in [0.15, 0.2) is 24.3 Å². The van der Waals surface area contributed by atoms with Crippen LogP contribution in [0.5, 0.6) is 0 Å². The number of halogens is 1. The van der Waals surface area contributed by atoms with Crippen molar-refractivity contribution in [1.82, 2.24) is 15.1 Å². The molecule has 2 aliphatic rings. The molecule has 1 atom stereocenters.